The number of aliphatic hydroxyl groups excluding tert-OH is 1. The van der Waals surface area contributed by atoms with Crippen molar-refractivity contribution in [1.82, 2.24) is 0 Å². The van der Waals surface area contributed by atoms with Crippen molar-refractivity contribution in [2.75, 3.05) is 6.61 Å². The van der Waals surface area contributed by atoms with E-state index in [1.165, 1.54) is 0 Å². The predicted octanol–water partition coefficient (Wildman–Crippen LogP) is 0.460. The van der Waals surface area contributed by atoms with E-state index in [1.807, 2.05) is 0 Å². The third-order valence-corrected chi connectivity index (χ3v) is 2.48. The van der Waals surface area contributed by atoms with Crippen LogP contribution in [0.5, 0.6) is 0 Å². The molecule has 0 spiro atoms. The summed E-state index contributed by atoms with van der Waals surface area (Å²) in [5.41, 5.74) is 5.64. The molecule has 0 radical (unpaired) electrons. The smallest absolute Gasteiger partial charge is 0.308 e. The maximum absolute atomic E-state index is 11.3. The summed E-state index contributed by atoms with van der Waals surface area (Å²) >= 11 is 0. The van der Waals surface area contributed by atoms with Crippen LogP contribution in [0.25, 0.3) is 0 Å². The van der Waals surface area contributed by atoms with Crippen LogP contribution < -0.4 is 5.73 Å². The van der Waals surface area contributed by atoms with Gasteiger partial charge in [-0.05, 0) is 26.2 Å². The minimum Gasteiger partial charge on any atom is -0.466 e. The third kappa shape index (κ3) is 3.44. The van der Waals surface area contributed by atoms with E-state index in [-0.39, 0.29) is 30.3 Å². The van der Waals surface area contributed by atoms with Gasteiger partial charge >= 0.3 is 5.97 Å². The molecule has 14 heavy (non-hydrogen) atoms. The van der Waals surface area contributed by atoms with E-state index in [1.54, 1.807) is 6.92 Å². The highest BCUT2D eigenvalue weighted by molar-refractivity contribution is 5.85. The standard InChI is InChI=1S/C9H17NO3.ClH/c1-2-13-9(12)6-3-4-8(11)7(10)5-6;/h6-8,11H,2-5,10H2,1H3;1H/t6-,7+,8+;/m1./s1. The number of rotatable bonds is 2. The first kappa shape index (κ1) is 13.7. The zero-order valence-electron chi connectivity index (χ0n) is 8.31. The molecule has 1 fully saturated rings. The maximum atomic E-state index is 11.3. The Hall–Kier alpha value is -0.320. The molecule has 0 amide bonds. The average Bonchev–Trinajstić information content (AvgIpc) is 2.10. The number of nitrogens with two attached hydrogens (primary N) is 1. The fourth-order valence-electron chi connectivity index (χ4n) is 1.66. The number of halogens is 1. The second-order valence-corrected chi connectivity index (χ2v) is 3.49. The molecule has 3 atom stereocenters. The largest absolute Gasteiger partial charge is 0.466 e. The highest BCUT2D eigenvalue weighted by atomic mass is 35.5. The minimum absolute atomic E-state index is 0. The zero-order valence-corrected chi connectivity index (χ0v) is 9.13. The molecule has 0 unspecified atom stereocenters. The molecule has 0 aromatic carbocycles. The maximum Gasteiger partial charge on any atom is 0.308 e. The molecule has 0 aromatic rings. The predicted molar refractivity (Wildman–Crippen MR) is 55.2 cm³/mol. The van der Waals surface area contributed by atoms with Crippen molar-refractivity contribution >= 4 is 18.4 Å². The summed E-state index contributed by atoms with van der Waals surface area (Å²) in [7, 11) is 0. The highest BCUT2D eigenvalue weighted by Gasteiger charge is 2.31. The fraction of sp³-hybridized carbons (Fsp3) is 0.889. The normalized spacial score (nSPS) is 31.8. The Bertz CT molecular complexity index is 189. The van der Waals surface area contributed by atoms with E-state index in [0.717, 1.165) is 0 Å². The quantitative estimate of drug-likeness (QED) is 0.668. The molecular formula is C9H18ClNO3. The Morgan fingerprint density at radius 3 is 2.71 bits per heavy atom. The van der Waals surface area contributed by atoms with Gasteiger partial charge in [0, 0.05) is 6.04 Å². The summed E-state index contributed by atoms with van der Waals surface area (Å²) in [6, 6.07) is -0.275. The lowest BCUT2D eigenvalue weighted by atomic mass is 9.84. The van der Waals surface area contributed by atoms with Gasteiger partial charge in [-0.25, -0.2) is 0 Å². The van der Waals surface area contributed by atoms with E-state index in [0.29, 0.717) is 25.9 Å². The number of esters is 1. The van der Waals surface area contributed by atoms with Crippen LogP contribution in [-0.2, 0) is 9.53 Å². The number of hydrogen-bond acceptors (Lipinski definition) is 4. The van der Waals surface area contributed by atoms with Gasteiger partial charge in [-0.2, -0.15) is 0 Å². The molecule has 0 bridgehead atoms. The Kier molecular flexibility index (Phi) is 6.08. The molecule has 1 aliphatic carbocycles. The van der Waals surface area contributed by atoms with E-state index < -0.39 is 6.10 Å². The van der Waals surface area contributed by atoms with Crippen LogP contribution in [0.3, 0.4) is 0 Å². The van der Waals surface area contributed by atoms with Crippen LogP contribution in [0.2, 0.25) is 0 Å². The molecule has 1 rings (SSSR count). The lowest BCUT2D eigenvalue weighted by Gasteiger charge is -2.29. The lowest BCUT2D eigenvalue weighted by molar-refractivity contribution is -0.150. The van der Waals surface area contributed by atoms with Crippen molar-refractivity contribution in [3.63, 3.8) is 0 Å². The Morgan fingerprint density at radius 2 is 2.21 bits per heavy atom. The Labute approximate surface area is 90.2 Å². The molecule has 0 aliphatic heterocycles. The number of carbonyl (C=O) groups is 1. The van der Waals surface area contributed by atoms with Gasteiger partial charge in [0.05, 0.1) is 18.6 Å². The molecule has 1 aliphatic rings. The fourth-order valence-corrected chi connectivity index (χ4v) is 1.66. The third-order valence-electron chi connectivity index (χ3n) is 2.48. The molecule has 4 nitrogen and oxygen atoms in total. The lowest BCUT2D eigenvalue weighted by Crippen LogP contribution is -2.42. The van der Waals surface area contributed by atoms with Crippen molar-refractivity contribution < 1.29 is 14.6 Å². The number of aliphatic hydroxyl groups is 1. The first-order valence-corrected chi connectivity index (χ1v) is 4.75. The van der Waals surface area contributed by atoms with Gasteiger partial charge < -0.3 is 15.6 Å². The molecule has 0 saturated heterocycles. The number of hydrogen-bond donors (Lipinski definition) is 2. The van der Waals surface area contributed by atoms with Gasteiger partial charge in [-0.3, -0.25) is 4.79 Å². The summed E-state index contributed by atoms with van der Waals surface area (Å²) in [5.74, 6) is -0.289. The summed E-state index contributed by atoms with van der Waals surface area (Å²) in [4.78, 5) is 11.3. The van der Waals surface area contributed by atoms with Gasteiger partial charge in [0.2, 0.25) is 0 Å². The molecule has 3 N–H and O–H groups in total. The number of carbonyl (C=O) groups excluding carboxylic acids is 1. The van der Waals surface area contributed by atoms with Crippen molar-refractivity contribution in [1.29, 1.82) is 0 Å². The van der Waals surface area contributed by atoms with Crippen LogP contribution in [0.15, 0.2) is 0 Å². The van der Waals surface area contributed by atoms with Crippen LogP contribution in [0.1, 0.15) is 26.2 Å². The van der Waals surface area contributed by atoms with Crippen LogP contribution in [0, 0.1) is 5.92 Å². The zero-order chi connectivity index (χ0) is 9.84. The van der Waals surface area contributed by atoms with Crippen LogP contribution in [0.4, 0.5) is 0 Å². The molecular weight excluding hydrogens is 206 g/mol. The molecule has 1 saturated carbocycles. The number of ether oxygens (including phenoxy) is 1. The van der Waals surface area contributed by atoms with Crippen molar-refractivity contribution in [3.8, 4) is 0 Å². The van der Waals surface area contributed by atoms with Crippen molar-refractivity contribution in [3.05, 3.63) is 0 Å². The van der Waals surface area contributed by atoms with Gasteiger partial charge in [0.25, 0.3) is 0 Å². The topological polar surface area (TPSA) is 72.5 Å². The summed E-state index contributed by atoms with van der Waals surface area (Å²) in [5, 5.41) is 9.33. The second kappa shape index (κ2) is 6.22. The van der Waals surface area contributed by atoms with Gasteiger partial charge in [-0.1, -0.05) is 0 Å². The van der Waals surface area contributed by atoms with Crippen molar-refractivity contribution in [2.45, 2.75) is 38.3 Å². The van der Waals surface area contributed by atoms with Gasteiger partial charge in [0.1, 0.15) is 0 Å². The van der Waals surface area contributed by atoms with E-state index in [4.69, 9.17) is 10.5 Å². The molecule has 0 heterocycles. The SMILES string of the molecule is CCOC(=O)[C@@H]1CC[C@H](O)[C@@H](N)C1.Cl. The van der Waals surface area contributed by atoms with E-state index >= 15 is 0 Å². The van der Waals surface area contributed by atoms with Gasteiger partial charge in [-0.15, -0.1) is 12.4 Å². The molecule has 0 aromatic heterocycles. The summed E-state index contributed by atoms with van der Waals surface area (Å²) < 4.78 is 4.89. The Morgan fingerprint density at radius 1 is 1.57 bits per heavy atom. The Balaban J connectivity index is 0.00000169. The second-order valence-electron chi connectivity index (χ2n) is 3.49. The van der Waals surface area contributed by atoms with E-state index in [9.17, 15) is 9.90 Å². The highest BCUT2D eigenvalue weighted by Crippen LogP contribution is 2.24. The van der Waals surface area contributed by atoms with Gasteiger partial charge in [0.15, 0.2) is 0 Å². The molecule has 5 heteroatoms. The van der Waals surface area contributed by atoms with Crippen LogP contribution in [-0.4, -0.2) is 29.8 Å². The van der Waals surface area contributed by atoms with E-state index in [2.05, 4.69) is 0 Å². The first-order chi connectivity index (χ1) is 6.15. The summed E-state index contributed by atoms with van der Waals surface area (Å²) in [6.45, 7) is 2.20. The van der Waals surface area contributed by atoms with Crippen molar-refractivity contribution in [2.24, 2.45) is 11.7 Å². The van der Waals surface area contributed by atoms with Crippen LogP contribution >= 0.6 is 12.4 Å². The monoisotopic (exact) mass is 223 g/mol. The molecule has 84 valence electrons. The average molecular weight is 224 g/mol. The first-order valence-electron chi connectivity index (χ1n) is 4.75. The minimum atomic E-state index is -0.453. The summed E-state index contributed by atoms with van der Waals surface area (Å²) in [6.07, 6.45) is 1.38.